The fraction of sp³-hybridized carbons (Fsp3) is 0.500. The molecule has 0 amide bonds. The van der Waals surface area contributed by atoms with Crippen LogP contribution in [0.5, 0.6) is 0 Å². The summed E-state index contributed by atoms with van der Waals surface area (Å²) in [7, 11) is 0. The summed E-state index contributed by atoms with van der Waals surface area (Å²) in [5.41, 5.74) is 6.61. The van der Waals surface area contributed by atoms with E-state index in [-0.39, 0.29) is 11.1 Å². The summed E-state index contributed by atoms with van der Waals surface area (Å²) in [6.45, 7) is 8.79. The van der Waals surface area contributed by atoms with Gasteiger partial charge in [-0.05, 0) is 50.0 Å². The first-order chi connectivity index (χ1) is 10.7. The van der Waals surface area contributed by atoms with Crippen molar-refractivity contribution in [1.29, 1.82) is 0 Å². The molecular formula is C18H26ClN3O. The Labute approximate surface area is 143 Å². The lowest BCUT2D eigenvalue weighted by atomic mass is 9.91. The Bertz CT molecular complexity index is 596. The maximum absolute atomic E-state index is 6.39. The Hall–Kier alpha value is -1.52. The minimum absolute atomic E-state index is 0.377. The molecule has 2 atom stereocenters. The van der Waals surface area contributed by atoms with E-state index >= 15 is 0 Å². The van der Waals surface area contributed by atoms with Crippen LogP contribution in [-0.4, -0.2) is 17.1 Å². The highest BCUT2D eigenvalue weighted by Crippen LogP contribution is 2.30. The topological polar surface area (TPSA) is 60.2 Å². The summed E-state index contributed by atoms with van der Waals surface area (Å²) >= 11 is 6.39. The fourth-order valence-electron chi connectivity index (χ4n) is 2.86. The highest BCUT2D eigenvalue weighted by Gasteiger charge is 2.29. The number of nitrogens with zero attached hydrogens (tertiary/aromatic N) is 1. The number of nitrogens with two attached hydrogens (primary N) is 1. The van der Waals surface area contributed by atoms with Gasteiger partial charge in [-0.3, -0.25) is 4.98 Å². The van der Waals surface area contributed by atoms with Crippen LogP contribution < -0.4 is 11.1 Å². The van der Waals surface area contributed by atoms with Gasteiger partial charge in [-0.1, -0.05) is 31.5 Å². The van der Waals surface area contributed by atoms with Gasteiger partial charge in [0.05, 0.1) is 5.54 Å². The second-order valence-corrected chi connectivity index (χ2v) is 7.49. The van der Waals surface area contributed by atoms with E-state index < -0.39 is 0 Å². The molecule has 126 valence electrons. The van der Waals surface area contributed by atoms with Crippen molar-refractivity contribution in [2.45, 2.75) is 45.2 Å². The molecular weight excluding hydrogens is 310 g/mol. The van der Waals surface area contributed by atoms with Crippen LogP contribution in [0.3, 0.4) is 0 Å². The maximum atomic E-state index is 6.39. The molecule has 2 unspecified atom stereocenters. The largest absolute Gasteiger partial charge is 0.489 e. The zero-order valence-corrected chi connectivity index (χ0v) is 15.0. The normalized spacial score (nSPS) is 23.6. The third kappa shape index (κ3) is 4.72. The lowest BCUT2D eigenvalue weighted by Gasteiger charge is -2.33. The molecule has 0 fully saturated rings. The summed E-state index contributed by atoms with van der Waals surface area (Å²) in [6.07, 6.45) is 8.38. The number of rotatable bonds is 6. The monoisotopic (exact) mass is 335 g/mol. The van der Waals surface area contributed by atoms with Crippen molar-refractivity contribution in [3.8, 4) is 0 Å². The van der Waals surface area contributed by atoms with E-state index in [1.165, 1.54) is 0 Å². The summed E-state index contributed by atoms with van der Waals surface area (Å²) in [6, 6.07) is 3.93. The van der Waals surface area contributed by atoms with Crippen molar-refractivity contribution in [2.75, 3.05) is 6.61 Å². The molecule has 0 aromatic carbocycles. The van der Waals surface area contributed by atoms with Crippen molar-refractivity contribution in [1.82, 2.24) is 10.3 Å². The van der Waals surface area contributed by atoms with Crippen molar-refractivity contribution in [3.05, 3.63) is 53.2 Å². The quantitative estimate of drug-likeness (QED) is 0.779. The van der Waals surface area contributed by atoms with Crippen LogP contribution in [-0.2, 0) is 10.3 Å². The number of hydrogen-bond acceptors (Lipinski definition) is 4. The Morgan fingerprint density at radius 3 is 2.61 bits per heavy atom. The molecule has 0 spiro atoms. The van der Waals surface area contributed by atoms with Crippen molar-refractivity contribution >= 4 is 11.6 Å². The smallest absolute Gasteiger partial charge is 0.154 e. The molecule has 4 nitrogen and oxygen atoms in total. The Morgan fingerprint density at radius 2 is 2.04 bits per heavy atom. The number of pyridine rings is 1. The Balaban J connectivity index is 2.04. The van der Waals surface area contributed by atoms with Gasteiger partial charge < -0.3 is 15.8 Å². The number of allylic oxidation sites excluding steroid dienone is 1. The highest BCUT2D eigenvalue weighted by molar-refractivity contribution is 6.29. The molecule has 1 aliphatic heterocycles. The molecule has 1 aromatic heterocycles. The van der Waals surface area contributed by atoms with Gasteiger partial charge >= 0.3 is 0 Å². The number of hydrogen-bond donors (Lipinski definition) is 2. The van der Waals surface area contributed by atoms with Crippen LogP contribution >= 0.6 is 11.6 Å². The van der Waals surface area contributed by atoms with Crippen molar-refractivity contribution in [3.63, 3.8) is 0 Å². The predicted molar refractivity (Wildman–Crippen MR) is 94.7 cm³/mol. The van der Waals surface area contributed by atoms with Gasteiger partial charge in [0.2, 0.25) is 0 Å². The number of dihydropyridines is 1. The lowest BCUT2D eigenvalue weighted by Crippen LogP contribution is -2.43. The second-order valence-electron chi connectivity index (χ2n) is 7.12. The van der Waals surface area contributed by atoms with Gasteiger partial charge in [0.1, 0.15) is 11.8 Å². The zero-order valence-electron chi connectivity index (χ0n) is 14.3. The molecule has 0 saturated carbocycles. The van der Waals surface area contributed by atoms with Crippen LogP contribution in [0.25, 0.3) is 0 Å². The molecule has 0 bridgehead atoms. The van der Waals surface area contributed by atoms with Crippen LogP contribution in [0, 0.1) is 5.92 Å². The summed E-state index contributed by atoms with van der Waals surface area (Å²) < 4.78 is 5.85. The number of halogens is 1. The standard InChI is InChI=1S/C18H26ClN3O/c1-13(2)11-17(3,20)12-23-15-5-8-18(4,22-16(15)19)14-6-9-21-10-7-14/h5-10,13,22H,11-12,20H2,1-4H3. The van der Waals surface area contributed by atoms with Gasteiger partial charge in [-0.15, -0.1) is 0 Å². The SMILES string of the molecule is CC(C)CC(C)(N)COC1=C(Cl)NC(C)(c2ccncc2)C=C1. The molecule has 2 rings (SSSR count). The minimum Gasteiger partial charge on any atom is -0.489 e. The van der Waals surface area contributed by atoms with Gasteiger partial charge in [0.15, 0.2) is 5.76 Å². The van der Waals surface area contributed by atoms with E-state index in [0.29, 0.717) is 23.4 Å². The van der Waals surface area contributed by atoms with E-state index in [2.05, 4.69) is 31.1 Å². The van der Waals surface area contributed by atoms with E-state index in [1.54, 1.807) is 12.4 Å². The van der Waals surface area contributed by atoms with Gasteiger partial charge in [-0.25, -0.2) is 0 Å². The molecule has 1 aliphatic rings. The first-order valence-electron chi connectivity index (χ1n) is 7.91. The van der Waals surface area contributed by atoms with Crippen LogP contribution in [0.2, 0.25) is 0 Å². The van der Waals surface area contributed by atoms with E-state index in [0.717, 1.165) is 12.0 Å². The molecule has 0 radical (unpaired) electrons. The summed E-state index contributed by atoms with van der Waals surface area (Å²) in [5, 5.41) is 3.79. The fourth-order valence-corrected chi connectivity index (χ4v) is 3.17. The van der Waals surface area contributed by atoms with Crippen molar-refractivity contribution < 1.29 is 4.74 Å². The van der Waals surface area contributed by atoms with Crippen LogP contribution in [0.4, 0.5) is 0 Å². The average molecular weight is 336 g/mol. The summed E-state index contributed by atoms with van der Waals surface area (Å²) in [5.74, 6) is 1.15. The molecule has 0 aliphatic carbocycles. The molecule has 0 saturated heterocycles. The van der Waals surface area contributed by atoms with Gasteiger partial charge in [-0.2, -0.15) is 0 Å². The molecule has 1 aromatic rings. The Morgan fingerprint density at radius 1 is 1.39 bits per heavy atom. The van der Waals surface area contributed by atoms with Gasteiger partial charge in [0.25, 0.3) is 0 Å². The van der Waals surface area contributed by atoms with Crippen LogP contribution in [0.1, 0.15) is 39.7 Å². The predicted octanol–water partition coefficient (Wildman–Crippen LogP) is 3.64. The first kappa shape index (κ1) is 17.8. The molecule has 3 N–H and O–H groups in total. The number of nitrogens with one attached hydrogen (secondary N) is 1. The zero-order chi connectivity index (χ0) is 17.1. The number of ether oxygens (including phenoxy) is 1. The lowest BCUT2D eigenvalue weighted by molar-refractivity contribution is 0.143. The first-order valence-corrected chi connectivity index (χ1v) is 8.29. The highest BCUT2D eigenvalue weighted by atomic mass is 35.5. The van der Waals surface area contributed by atoms with Crippen molar-refractivity contribution in [2.24, 2.45) is 11.7 Å². The van der Waals surface area contributed by atoms with E-state index in [1.807, 2.05) is 31.2 Å². The third-order valence-corrected chi connectivity index (χ3v) is 4.15. The molecule has 2 heterocycles. The van der Waals surface area contributed by atoms with E-state index in [9.17, 15) is 0 Å². The van der Waals surface area contributed by atoms with E-state index in [4.69, 9.17) is 22.1 Å². The molecule has 5 heteroatoms. The molecule has 23 heavy (non-hydrogen) atoms. The summed E-state index contributed by atoms with van der Waals surface area (Å²) in [4.78, 5) is 4.05. The average Bonchev–Trinajstić information content (AvgIpc) is 2.46. The minimum atomic E-state index is -0.378. The third-order valence-electron chi connectivity index (χ3n) is 3.87. The van der Waals surface area contributed by atoms with Gasteiger partial charge in [0, 0.05) is 17.9 Å². The Kier molecular flexibility index (Phi) is 5.37. The second kappa shape index (κ2) is 6.93. The van der Waals surface area contributed by atoms with Crippen LogP contribution in [0.15, 0.2) is 47.6 Å². The maximum Gasteiger partial charge on any atom is 0.154 e. The number of aromatic nitrogens is 1.